The minimum Gasteiger partial charge on any atom is -0.480 e. The molecule has 0 aliphatic carbocycles. The zero-order valence-corrected chi connectivity index (χ0v) is 10.5. The second kappa shape index (κ2) is 6.06. The second-order valence-electron chi connectivity index (χ2n) is 3.82. The number of carboxylic acid groups (broad SMARTS) is 1. The molecule has 1 rings (SSSR count). The number of hydrogen-bond donors (Lipinski definition) is 1. The van der Waals surface area contributed by atoms with Crippen LogP contribution >= 0.6 is 12.4 Å². The average molecular weight is 284 g/mol. The topological polar surface area (TPSA) is 40.5 Å². The van der Waals surface area contributed by atoms with E-state index in [-0.39, 0.29) is 12.4 Å². The lowest BCUT2D eigenvalue weighted by Crippen LogP contribution is -2.27. The van der Waals surface area contributed by atoms with Crippen molar-refractivity contribution in [2.75, 3.05) is 14.1 Å². The highest BCUT2D eigenvalue weighted by molar-refractivity contribution is 5.85. The molecule has 102 valence electrons. The fourth-order valence-electron chi connectivity index (χ4n) is 1.52. The largest absolute Gasteiger partial charge is 0.480 e. The molecule has 0 saturated heterocycles. The van der Waals surface area contributed by atoms with Gasteiger partial charge in [-0.1, -0.05) is 12.1 Å². The van der Waals surface area contributed by atoms with Crippen molar-refractivity contribution in [2.24, 2.45) is 0 Å². The fraction of sp³-hybridized carbons (Fsp3) is 0.364. The maximum atomic E-state index is 12.3. The van der Waals surface area contributed by atoms with Gasteiger partial charge in [0.2, 0.25) is 0 Å². The number of aliphatic carboxylic acids is 1. The first kappa shape index (κ1) is 16.7. The van der Waals surface area contributed by atoms with Gasteiger partial charge in [-0.05, 0) is 31.8 Å². The van der Waals surface area contributed by atoms with Gasteiger partial charge in [0.25, 0.3) is 0 Å². The van der Waals surface area contributed by atoms with E-state index >= 15 is 0 Å². The molecule has 3 nitrogen and oxygen atoms in total. The molecule has 0 fully saturated rings. The van der Waals surface area contributed by atoms with Crippen LogP contribution in [0.25, 0.3) is 0 Å². The lowest BCUT2D eigenvalue weighted by atomic mass is 10.0. The lowest BCUT2D eigenvalue weighted by Gasteiger charge is -2.20. The summed E-state index contributed by atoms with van der Waals surface area (Å²) in [6.07, 6.45) is -4.41. The van der Waals surface area contributed by atoms with E-state index in [0.717, 1.165) is 12.1 Å². The average Bonchev–Trinajstić information content (AvgIpc) is 2.15. The van der Waals surface area contributed by atoms with Crippen LogP contribution in [0.5, 0.6) is 0 Å². The zero-order chi connectivity index (χ0) is 13.2. The van der Waals surface area contributed by atoms with Gasteiger partial charge >= 0.3 is 12.1 Å². The number of carbonyl (C=O) groups is 1. The molecule has 1 N–H and O–H groups in total. The van der Waals surface area contributed by atoms with Crippen LogP contribution in [0.4, 0.5) is 13.2 Å². The van der Waals surface area contributed by atoms with Gasteiger partial charge in [-0.25, -0.2) is 0 Å². The number of carboxylic acids is 1. The van der Waals surface area contributed by atoms with Crippen LogP contribution in [0.15, 0.2) is 24.3 Å². The van der Waals surface area contributed by atoms with Crippen LogP contribution < -0.4 is 0 Å². The van der Waals surface area contributed by atoms with Gasteiger partial charge < -0.3 is 5.11 Å². The Morgan fingerprint density at radius 1 is 1.22 bits per heavy atom. The van der Waals surface area contributed by atoms with E-state index in [2.05, 4.69) is 0 Å². The van der Waals surface area contributed by atoms with Crippen molar-refractivity contribution in [3.8, 4) is 0 Å². The molecule has 0 radical (unpaired) electrons. The Morgan fingerprint density at radius 2 is 1.67 bits per heavy atom. The van der Waals surface area contributed by atoms with Gasteiger partial charge in [0.15, 0.2) is 0 Å². The molecule has 1 atom stereocenters. The first-order valence-corrected chi connectivity index (χ1v) is 4.80. The molecule has 0 heterocycles. The number of nitrogens with zero attached hydrogens (tertiary/aromatic N) is 1. The number of likely N-dealkylation sites (N-methyl/N-ethyl adjacent to an activating group) is 1. The number of halogens is 4. The van der Waals surface area contributed by atoms with E-state index in [4.69, 9.17) is 5.11 Å². The molecule has 0 saturated carbocycles. The third-order valence-corrected chi connectivity index (χ3v) is 2.30. The quantitative estimate of drug-likeness (QED) is 0.927. The van der Waals surface area contributed by atoms with Crippen molar-refractivity contribution in [3.63, 3.8) is 0 Å². The Balaban J connectivity index is 0.00000289. The standard InChI is InChI=1S/C11H12F3NO2.ClH/c1-15(2)9(10(16)17)7-3-5-8(6-4-7)11(12,13)14;/h3-6,9H,1-2H3,(H,16,17);1H. The van der Waals surface area contributed by atoms with E-state index < -0.39 is 23.8 Å². The minimum absolute atomic E-state index is 0. The molecule has 0 spiro atoms. The first-order chi connectivity index (χ1) is 7.73. The fourth-order valence-corrected chi connectivity index (χ4v) is 1.52. The maximum absolute atomic E-state index is 12.3. The highest BCUT2D eigenvalue weighted by Crippen LogP contribution is 2.30. The molecule has 0 bridgehead atoms. The Hall–Kier alpha value is -1.27. The Morgan fingerprint density at radius 3 is 1.94 bits per heavy atom. The summed E-state index contributed by atoms with van der Waals surface area (Å²) in [5.41, 5.74) is -0.473. The van der Waals surface area contributed by atoms with E-state index in [0.29, 0.717) is 5.56 Å². The molecule has 0 aliphatic heterocycles. The summed E-state index contributed by atoms with van der Waals surface area (Å²) in [5, 5.41) is 8.96. The van der Waals surface area contributed by atoms with E-state index in [1.54, 1.807) is 14.1 Å². The number of hydrogen-bond acceptors (Lipinski definition) is 2. The lowest BCUT2D eigenvalue weighted by molar-refractivity contribution is -0.142. The number of alkyl halides is 3. The summed E-state index contributed by atoms with van der Waals surface area (Å²) in [4.78, 5) is 12.4. The molecular weight excluding hydrogens is 271 g/mol. The van der Waals surface area contributed by atoms with Crippen molar-refractivity contribution >= 4 is 18.4 Å². The molecule has 0 amide bonds. The van der Waals surface area contributed by atoms with Crippen molar-refractivity contribution in [1.82, 2.24) is 4.90 Å². The van der Waals surface area contributed by atoms with Crippen molar-refractivity contribution in [3.05, 3.63) is 35.4 Å². The second-order valence-corrected chi connectivity index (χ2v) is 3.82. The van der Waals surface area contributed by atoms with Crippen LogP contribution in [0, 0.1) is 0 Å². The molecular formula is C11H13ClF3NO2. The highest BCUT2D eigenvalue weighted by atomic mass is 35.5. The van der Waals surface area contributed by atoms with E-state index in [1.807, 2.05) is 0 Å². The van der Waals surface area contributed by atoms with Crippen LogP contribution in [0.3, 0.4) is 0 Å². The van der Waals surface area contributed by atoms with Crippen molar-refractivity contribution < 1.29 is 23.1 Å². The summed E-state index contributed by atoms with van der Waals surface area (Å²) >= 11 is 0. The van der Waals surface area contributed by atoms with Crippen molar-refractivity contribution in [1.29, 1.82) is 0 Å². The Labute approximate surface area is 109 Å². The summed E-state index contributed by atoms with van der Waals surface area (Å²) in [6.45, 7) is 0. The molecule has 0 aromatic heterocycles. The smallest absolute Gasteiger partial charge is 0.416 e. The van der Waals surface area contributed by atoms with Crippen LogP contribution in [-0.4, -0.2) is 30.1 Å². The molecule has 7 heteroatoms. The number of benzene rings is 1. The normalized spacial score (nSPS) is 13.0. The first-order valence-electron chi connectivity index (χ1n) is 4.80. The van der Waals surface area contributed by atoms with Crippen LogP contribution in [-0.2, 0) is 11.0 Å². The predicted molar refractivity (Wildman–Crippen MR) is 62.8 cm³/mol. The van der Waals surface area contributed by atoms with Gasteiger partial charge in [0, 0.05) is 0 Å². The zero-order valence-electron chi connectivity index (χ0n) is 9.73. The summed E-state index contributed by atoms with van der Waals surface area (Å²) in [7, 11) is 3.10. The minimum atomic E-state index is -4.41. The highest BCUT2D eigenvalue weighted by Gasteiger charge is 2.31. The van der Waals surface area contributed by atoms with Crippen LogP contribution in [0.1, 0.15) is 17.2 Å². The third-order valence-electron chi connectivity index (χ3n) is 2.30. The van der Waals surface area contributed by atoms with E-state index in [1.165, 1.54) is 17.0 Å². The predicted octanol–water partition coefficient (Wildman–Crippen LogP) is 2.81. The SMILES string of the molecule is CN(C)C(C(=O)O)c1ccc(C(F)(F)F)cc1.Cl. The monoisotopic (exact) mass is 283 g/mol. The van der Waals surface area contributed by atoms with Crippen LogP contribution in [0.2, 0.25) is 0 Å². The van der Waals surface area contributed by atoms with E-state index in [9.17, 15) is 18.0 Å². The summed E-state index contributed by atoms with van der Waals surface area (Å²) < 4.78 is 36.9. The Kier molecular flexibility index (Phi) is 5.63. The van der Waals surface area contributed by atoms with Gasteiger partial charge in [-0.15, -0.1) is 12.4 Å². The summed E-state index contributed by atoms with van der Waals surface area (Å²) in [5.74, 6) is -1.10. The molecule has 1 unspecified atom stereocenters. The molecule has 18 heavy (non-hydrogen) atoms. The molecule has 0 aliphatic rings. The molecule has 1 aromatic carbocycles. The van der Waals surface area contributed by atoms with Gasteiger partial charge in [0.05, 0.1) is 5.56 Å². The third kappa shape index (κ3) is 3.89. The van der Waals surface area contributed by atoms with Gasteiger partial charge in [-0.3, -0.25) is 9.69 Å². The molecule has 1 aromatic rings. The maximum Gasteiger partial charge on any atom is 0.416 e. The summed E-state index contributed by atoms with van der Waals surface area (Å²) in [6, 6.07) is 3.18. The van der Waals surface area contributed by atoms with Gasteiger partial charge in [-0.2, -0.15) is 13.2 Å². The Bertz CT molecular complexity index is 404. The number of rotatable bonds is 3. The van der Waals surface area contributed by atoms with Crippen molar-refractivity contribution in [2.45, 2.75) is 12.2 Å². The van der Waals surface area contributed by atoms with Gasteiger partial charge in [0.1, 0.15) is 6.04 Å².